The maximum Gasteiger partial charge on any atom is 0.0705 e. The maximum absolute atomic E-state index is 6.28. The van der Waals surface area contributed by atoms with Crippen LogP contribution >= 0.6 is 0 Å². The lowest BCUT2D eigenvalue weighted by Crippen LogP contribution is -2.40. The molecule has 0 aromatic rings. The quantitative estimate of drug-likeness (QED) is 0.308. The standard InChI is InChI=1S/C20H42O2/c1-6-10-11-12-13-14-16-19(17-15-18-21-5)20(7-2,8-3)22-9-4/h19H,6-18H2,1-5H3. The highest BCUT2D eigenvalue weighted by molar-refractivity contribution is 4.86. The van der Waals surface area contributed by atoms with E-state index in [-0.39, 0.29) is 5.60 Å². The number of methoxy groups -OCH3 is 1. The van der Waals surface area contributed by atoms with Gasteiger partial charge in [-0.2, -0.15) is 0 Å². The molecule has 0 saturated heterocycles. The third-order valence-electron chi connectivity index (χ3n) is 5.18. The van der Waals surface area contributed by atoms with Gasteiger partial charge in [0.25, 0.3) is 0 Å². The van der Waals surface area contributed by atoms with Gasteiger partial charge >= 0.3 is 0 Å². The van der Waals surface area contributed by atoms with Crippen molar-refractivity contribution in [3.63, 3.8) is 0 Å². The van der Waals surface area contributed by atoms with Crippen molar-refractivity contribution in [2.24, 2.45) is 5.92 Å². The highest BCUT2D eigenvalue weighted by Crippen LogP contribution is 2.36. The van der Waals surface area contributed by atoms with Crippen molar-refractivity contribution < 1.29 is 9.47 Å². The van der Waals surface area contributed by atoms with Crippen molar-refractivity contribution in [1.29, 1.82) is 0 Å². The Morgan fingerprint density at radius 2 is 1.36 bits per heavy atom. The second-order valence-corrected chi connectivity index (χ2v) is 6.59. The molecule has 1 atom stereocenters. The minimum Gasteiger partial charge on any atom is -0.385 e. The maximum atomic E-state index is 6.28. The first kappa shape index (κ1) is 21.9. The summed E-state index contributed by atoms with van der Waals surface area (Å²) < 4.78 is 11.5. The molecule has 0 heterocycles. The summed E-state index contributed by atoms with van der Waals surface area (Å²) in [6.45, 7) is 10.7. The molecule has 0 saturated carbocycles. The van der Waals surface area contributed by atoms with E-state index in [9.17, 15) is 0 Å². The van der Waals surface area contributed by atoms with Crippen LogP contribution in [0.3, 0.4) is 0 Å². The fourth-order valence-electron chi connectivity index (χ4n) is 3.75. The zero-order valence-corrected chi connectivity index (χ0v) is 16.1. The predicted octanol–water partition coefficient (Wildman–Crippen LogP) is 6.38. The van der Waals surface area contributed by atoms with E-state index in [1.807, 2.05) is 0 Å². The SMILES string of the molecule is CCCCCCCCC(CCCOC)C(CC)(CC)OCC. The zero-order chi connectivity index (χ0) is 16.7. The van der Waals surface area contributed by atoms with Crippen LogP contribution in [-0.2, 0) is 9.47 Å². The largest absolute Gasteiger partial charge is 0.385 e. The van der Waals surface area contributed by atoms with Crippen LogP contribution in [0.4, 0.5) is 0 Å². The molecule has 0 aliphatic carbocycles. The summed E-state index contributed by atoms with van der Waals surface area (Å²) in [5.41, 5.74) is 0.0892. The normalized spacial score (nSPS) is 13.5. The first-order chi connectivity index (χ1) is 10.7. The van der Waals surface area contributed by atoms with Gasteiger partial charge in [-0.1, -0.05) is 59.3 Å². The fourth-order valence-corrected chi connectivity index (χ4v) is 3.75. The zero-order valence-electron chi connectivity index (χ0n) is 16.1. The molecule has 0 aromatic carbocycles. The van der Waals surface area contributed by atoms with Gasteiger partial charge in [-0.15, -0.1) is 0 Å². The Kier molecular flexibility index (Phi) is 14.5. The molecule has 0 aliphatic rings. The molecule has 0 bridgehead atoms. The lowest BCUT2D eigenvalue weighted by molar-refractivity contribution is -0.0943. The molecular weight excluding hydrogens is 272 g/mol. The first-order valence-electron chi connectivity index (χ1n) is 9.83. The summed E-state index contributed by atoms with van der Waals surface area (Å²) in [6.07, 6.45) is 14.3. The molecule has 0 radical (unpaired) electrons. The van der Waals surface area contributed by atoms with Crippen LogP contribution in [0.15, 0.2) is 0 Å². The molecule has 0 fully saturated rings. The molecule has 2 heteroatoms. The predicted molar refractivity (Wildman–Crippen MR) is 97.5 cm³/mol. The summed E-state index contributed by atoms with van der Waals surface area (Å²) >= 11 is 0. The van der Waals surface area contributed by atoms with E-state index < -0.39 is 0 Å². The van der Waals surface area contributed by atoms with E-state index in [2.05, 4.69) is 27.7 Å². The molecule has 1 unspecified atom stereocenters. The van der Waals surface area contributed by atoms with Gasteiger partial charge in [0.05, 0.1) is 5.60 Å². The lowest BCUT2D eigenvalue weighted by Gasteiger charge is -2.40. The van der Waals surface area contributed by atoms with Gasteiger partial charge in [0, 0.05) is 20.3 Å². The van der Waals surface area contributed by atoms with Gasteiger partial charge < -0.3 is 9.47 Å². The molecule has 0 aromatic heterocycles. The second kappa shape index (κ2) is 14.5. The van der Waals surface area contributed by atoms with Crippen LogP contribution in [0, 0.1) is 5.92 Å². The van der Waals surface area contributed by atoms with Gasteiger partial charge in [-0.3, -0.25) is 0 Å². The number of ether oxygens (including phenoxy) is 2. The summed E-state index contributed by atoms with van der Waals surface area (Å²) in [5, 5.41) is 0. The monoisotopic (exact) mass is 314 g/mol. The van der Waals surface area contributed by atoms with Gasteiger partial charge in [0.2, 0.25) is 0 Å². The Balaban J connectivity index is 4.44. The molecule has 0 rings (SSSR count). The van der Waals surface area contributed by atoms with Crippen molar-refractivity contribution in [3.8, 4) is 0 Å². The minimum atomic E-state index is 0.0892. The number of rotatable bonds is 16. The average Bonchev–Trinajstić information content (AvgIpc) is 2.54. The van der Waals surface area contributed by atoms with E-state index in [1.54, 1.807) is 7.11 Å². The van der Waals surface area contributed by atoms with Gasteiger partial charge in [-0.25, -0.2) is 0 Å². The highest BCUT2D eigenvalue weighted by atomic mass is 16.5. The van der Waals surface area contributed by atoms with Crippen LogP contribution in [-0.4, -0.2) is 25.9 Å². The first-order valence-corrected chi connectivity index (χ1v) is 9.83. The van der Waals surface area contributed by atoms with E-state index in [1.165, 1.54) is 51.4 Å². The topological polar surface area (TPSA) is 18.5 Å². The molecule has 134 valence electrons. The fraction of sp³-hybridized carbons (Fsp3) is 1.00. The van der Waals surface area contributed by atoms with Gasteiger partial charge in [-0.05, 0) is 44.9 Å². The summed E-state index contributed by atoms with van der Waals surface area (Å²) in [7, 11) is 1.80. The van der Waals surface area contributed by atoms with Crippen molar-refractivity contribution >= 4 is 0 Å². The van der Waals surface area contributed by atoms with Crippen LogP contribution in [0.1, 0.15) is 98.3 Å². The Bertz CT molecular complexity index is 224. The van der Waals surface area contributed by atoms with E-state index in [0.29, 0.717) is 5.92 Å². The number of unbranched alkanes of at least 4 members (excludes halogenated alkanes) is 5. The minimum absolute atomic E-state index is 0.0892. The van der Waals surface area contributed by atoms with Crippen LogP contribution < -0.4 is 0 Å². The summed E-state index contributed by atoms with van der Waals surface area (Å²) in [6, 6.07) is 0. The lowest BCUT2D eigenvalue weighted by atomic mass is 9.77. The Labute approximate surface area is 140 Å². The van der Waals surface area contributed by atoms with Crippen molar-refractivity contribution in [2.45, 2.75) is 104 Å². The molecule has 0 aliphatic heterocycles. The second-order valence-electron chi connectivity index (χ2n) is 6.59. The smallest absolute Gasteiger partial charge is 0.0705 e. The van der Waals surface area contributed by atoms with E-state index in [4.69, 9.17) is 9.47 Å². The van der Waals surface area contributed by atoms with Crippen molar-refractivity contribution in [1.82, 2.24) is 0 Å². The third kappa shape index (κ3) is 8.53. The van der Waals surface area contributed by atoms with E-state index >= 15 is 0 Å². The summed E-state index contributed by atoms with van der Waals surface area (Å²) in [5.74, 6) is 0.684. The third-order valence-corrected chi connectivity index (χ3v) is 5.18. The summed E-state index contributed by atoms with van der Waals surface area (Å²) in [4.78, 5) is 0. The Morgan fingerprint density at radius 1 is 0.773 bits per heavy atom. The van der Waals surface area contributed by atoms with Gasteiger partial charge in [0.1, 0.15) is 0 Å². The molecule has 22 heavy (non-hydrogen) atoms. The van der Waals surface area contributed by atoms with Crippen molar-refractivity contribution in [2.75, 3.05) is 20.3 Å². The van der Waals surface area contributed by atoms with Gasteiger partial charge in [0.15, 0.2) is 0 Å². The molecule has 2 nitrogen and oxygen atoms in total. The van der Waals surface area contributed by atoms with Crippen LogP contribution in [0.2, 0.25) is 0 Å². The van der Waals surface area contributed by atoms with Crippen LogP contribution in [0.25, 0.3) is 0 Å². The molecular formula is C20H42O2. The van der Waals surface area contributed by atoms with E-state index in [0.717, 1.165) is 32.5 Å². The molecule has 0 N–H and O–H groups in total. The molecule has 0 amide bonds. The number of hydrogen-bond donors (Lipinski definition) is 0. The molecule has 0 spiro atoms. The Morgan fingerprint density at radius 3 is 1.91 bits per heavy atom. The van der Waals surface area contributed by atoms with Crippen molar-refractivity contribution in [3.05, 3.63) is 0 Å². The number of hydrogen-bond acceptors (Lipinski definition) is 2. The Hall–Kier alpha value is -0.0800. The average molecular weight is 315 g/mol. The van der Waals surface area contributed by atoms with Crippen LogP contribution in [0.5, 0.6) is 0 Å². The highest BCUT2D eigenvalue weighted by Gasteiger charge is 2.35.